The molecule has 0 fully saturated rings. The second-order valence-electron chi connectivity index (χ2n) is 6.70. The third kappa shape index (κ3) is 11.3. The lowest BCUT2D eigenvalue weighted by atomic mass is 10.2. The molecular formula is C23H27F3O6S. The molecular weight excluding hydrogens is 461 g/mol. The van der Waals surface area contributed by atoms with Gasteiger partial charge in [0.2, 0.25) is 0 Å². The van der Waals surface area contributed by atoms with E-state index in [4.69, 9.17) is 28.5 Å². The molecule has 2 rings (SSSR count). The van der Waals surface area contributed by atoms with Crippen molar-refractivity contribution >= 4 is 17.9 Å². The van der Waals surface area contributed by atoms with Crippen molar-refractivity contribution in [3.8, 4) is 11.5 Å². The molecule has 0 aliphatic rings. The summed E-state index contributed by atoms with van der Waals surface area (Å²) in [6.07, 6.45) is -3.46. The molecule has 0 radical (unpaired) electrons. The molecule has 2 aromatic rings. The molecule has 10 heteroatoms. The largest absolute Gasteiger partial charge is 0.493 e. The number of hydrogen-bond acceptors (Lipinski definition) is 7. The first-order valence-corrected chi connectivity index (χ1v) is 11.0. The summed E-state index contributed by atoms with van der Waals surface area (Å²) in [4.78, 5) is 17.3. The predicted molar refractivity (Wildman–Crippen MR) is 116 cm³/mol. The van der Waals surface area contributed by atoms with E-state index in [0.717, 1.165) is 34.8 Å². The zero-order valence-corrected chi connectivity index (χ0v) is 19.5. The maximum Gasteiger partial charge on any atom is 0.416 e. The fraction of sp³-hybridized carbons (Fsp3) is 0.435. The van der Waals surface area contributed by atoms with Gasteiger partial charge in [0.1, 0.15) is 31.0 Å². The number of alkyl halides is 3. The van der Waals surface area contributed by atoms with Crippen LogP contribution in [0.2, 0.25) is 0 Å². The van der Waals surface area contributed by atoms with Crippen LogP contribution in [0.15, 0.2) is 47.4 Å². The summed E-state index contributed by atoms with van der Waals surface area (Å²) in [5, 5.41) is 0. The number of thioether (sulfide) groups is 1. The molecule has 182 valence electrons. The molecule has 0 unspecified atom stereocenters. The molecule has 6 nitrogen and oxygen atoms in total. The second kappa shape index (κ2) is 15.3. The Balaban J connectivity index is 0.00000172. The van der Waals surface area contributed by atoms with E-state index in [-0.39, 0.29) is 25.7 Å². The third-order valence-electron chi connectivity index (χ3n) is 4.08. The number of rotatable bonds is 12. The minimum atomic E-state index is -4.37. The van der Waals surface area contributed by atoms with Gasteiger partial charge in [0.05, 0.1) is 12.2 Å². The summed E-state index contributed by atoms with van der Waals surface area (Å²) >= 11 is 1.60. The lowest BCUT2D eigenvalue weighted by molar-refractivity contribution is -0.191. The van der Waals surface area contributed by atoms with E-state index >= 15 is 0 Å². The van der Waals surface area contributed by atoms with Gasteiger partial charge in [0, 0.05) is 17.8 Å². The average Bonchev–Trinajstić information content (AvgIpc) is 2.78. The number of ether oxygens (including phenoxy) is 4. The number of halogens is 3. The van der Waals surface area contributed by atoms with Crippen LogP contribution in [0, 0.1) is 6.92 Å². The van der Waals surface area contributed by atoms with Crippen LogP contribution in [0.1, 0.15) is 24.5 Å². The zero-order chi connectivity index (χ0) is 24.7. The van der Waals surface area contributed by atoms with Crippen molar-refractivity contribution in [1.82, 2.24) is 0 Å². The van der Waals surface area contributed by atoms with E-state index in [1.807, 2.05) is 19.1 Å². The number of hydrogen-bond donors (Lipinski definition) is 0. The van der Waals surface area contributed by atoms with Crippen LogP contribution in [0.3, 0.4) is 0 Å². The molecule has 0 saturated carbocycles. The van der Waals surface area contributed by atoms with Crippen molar-refractivity contribution in [2.24, 2.45) is 0 Å². The number of aryl methyl sites for hydroxylation is 1. The molecule has 33 heavy (non-hydrogen) atoms. The minimum absolute atomic E-state index is 0.102. The molecule has 0 aliphatic heterocycles. The molecule has 0 N–H and O–H groups in total. The van der Waals surface area contributed by atoms with Gasteiger partial charge in [0.15, 0.2) is 0 Å². The molecule has 2 aromatic carbocycles. The first-order valence-electron chi connectivity index (χ1n) is 10.0. The summed E-state index contributed by atoms with van der Waals surface area (Å²) in [6.45, 7) is 5.04. The normalized spacial score (nSPS) is 11.7. The summed E-state index contributed by atoms with van der Waals surface area (Å²) < 4.78 is 59.9. The highest BCUT2D eigenvalue weighted by molar-refractivity contribution is 7.99. The Morgan fingerprint density at radius 3 is 2.27 bits per heavy atom. The summed E-state index contributed by atoms with van der Waals surface area (Å²) in [6, 6.07) is 10.6. The van der Waals surface area contributed by atoms with Gasteiger partial charge in [-0.05, 0) is 61.4 Å². The van der Waals surface area contributed by atoms with Crippen LogP contribution in [-0.4, -0.2) is 45.1 Å². The van der Waals surface area contributed by atoms with Crippen LogP contribution >= 0.6 is 11.8 Å². The summed E-state index contributed by atoms with van der Waals surface area (Å²) in [5.74, 6) is 1.82. The first kappa shape index (κ1) is 28.5. The molecule has 0 aromatic heterocycles. The van der Waals surface area contributed by atoms with Crippen LogP contribution < -0.4 is 9.47 Å². The molecule has 0 bridgehead atoms. The number of methoxy groups -OCH3 is 1. The maximum atomic E-state index is 12.7. The third-order valence-corrected chi connectivity index (χ3v) is 5.21. The SMILES string of the molecule is CCCOc1ccc(SC[C@H](COc2ccc(C(F)(F)F)cc2)OCOC)cc1C.O=C=O. The van der Waals surface area contributed by atoms with Crippen molar-refractivity contribution in [3.63, 3.8) is 0 Å². The van der Waals surface area contributed by atoms with E-state index < -0.39 is 11.7 Å². The number of carbonyl (C=O) groups excluding carboxylic acids is 2. The van der Waals surface area contributed by atoms with E-state index in [1.165, 1.54) is 19.2 Å². The number of benzene rings is 2. The Bertz CT molecular complexity index is 852. The van der Waals surface area contributed by atoms with E-state index in [9.17, 15) is 13.2 Å². The van der Waals surface area contributed by atoms with Gasteiger partial charge in [0.25, 0.3) is 0 Å². The second-order valence-corrected chi connectivity index (χ2v) is 7.79. The highest BCUT2D eigenvalue weighted by Crippen LogP contribution is 2.30. The monoisotopic (exact) mass is 488 g/mol. The topological polar surface area (TPSA) is 71.1 Å². The van der Waals surface area contributed by atoms with Gasteiger partial charge in [-0.25, -0.2) is 0 Å². The summed E-state index contributed by atoms with van der Waals surface area (Å²) in [5.41, 5.74) is 0.350. The highest BCUT2D eigenvalue weighted by atomic mass is 32.2. The van der Waals surface area contributed by atoms with Crippen molar-refractivity contribution < 1.29 is 41.7 Å². The standard InChI is InChI=1S/C22H27F3O4S.CO2/c1-4-11-27-21-10-9-20(12-16(21)2)30-14-19(29-15-26-3)13-28-18-7-5-17(6-8-18)22(23,24)25;2-1-3/h5-10,12,19H,4,11,13-15H2,1-3H3;/t19-;/m0./s1. The summed E-state index contributed by atoms with van der Waals surface area (Å²) in [7, 11) is 1.53. The zero-order valence-electron chi connectivity index (χ0n) is 18.6. The van der Waals surface area contributed by atoms with Gasteiger partial charge in [-0.15, -0.1) is 11.8 Å². The Kier molecular flexibility index (Phi) is 13.3. The molecule has 0 saturated heterocycles. The smallest absolute Gasteiger partial charge is 0.416 e. The molecule has 0 aliphatic carbocycles. The van der Waals surface area contributed by atoms with Crippen LogP contribution in [0.5, 0.6) is 11.5 Å². The average molecular weight is 489 g/mol. The van der Waals surface area contributed by atoms with Crippen molar-refractivity contribution in [2.45, 2.75) is 37.4 Å². The predicted octanol–water partition coefficient (Wildman–Crippen LogP) is 5.38. The lowest BCUT2D eigenvalue weighted by Crippen LogP contribution is -2.25. The fourth-order valence-electron chi connectivity index (χ4n) is 2.51. The van der Waals surface area contributed by atoms with E-state index in [2.05, 4.69) is 13.0 Å². The van der Waals surface area contributed by atoms with Gasteiger partial charge < -0.3 is 18.9 Å². The van der Waals surface area contributed by atoms with Crippen molar-refractivity contribution in [1.29, 1.82) is 0 Å². The van der Waals surface area contributed by atoms with Gasteiger partial charge in [-0.1, -0.05) is 6.92 Å². The quantitative estimate of drug-likeness (QED) is 0.293. The van der Waals surface area contributed by atoms with Gasteiger partial charge in [-0.2, -0.15) is 22.8 Å². The highest BCUT2D eigenvalue weighted by Gasteiger charge is 2.30. The van der Waals surface area contributed by atoms with Crippen molar-refractivity contribution in [3.05, 3.63) is 53.6 Å². The lowest BCUT2D eigenvalue weighted by Gasteiger charge is -2.18. The Morgan fingerprint density at radius 1 is 1.06 bits per heavy atom. The van der Waals surface area contributed by atoms with Gasteiger partial charge in [-0.3, -0.25) is 0 Å². The molecule has 0 heterocycles. The molecule has 1 atom stereocenters. The molecule has 0 spiro atoms. The van der Waals surface area contributed by atoms with E-state index in [0.29, 0.717) is 18.1 Å². The van der Waals surface area contributed by atoms with Crippen molar-refractivity contribution in [2.75, 3.05) is 32.9 Å². The van der Waals surface area contributed by atoms with E-state index in [1.54, 1.807) is 11.8 Å². The maximum absolute atomic E-state index is 12.7. The van der Waals surface area contributed by atoms with Crippen LogP contribution in [0.4, 0.5) is 13.2 Å². The fourth-order valence-corrected chi connectivity index (χ4v) is 3.51. The molecule has 0 amide bonds. The minimum Gasteiger partial charge on any atom is -0.493 e. The first-order chi connectivity index (χ1) is 15.7. The Morgan fingerprint density at radius 2 is 1.73 bits per heavy atom. The Hall–Kier alpha value is -2.52. The van der Waals surface area contributed by atoms with Gasteiger partial charge >= 0.3 is 12.3 Å². The van der Waals surface area contributed by atoms with Crippen LogP contribution in [0.25, 0.3) is 0 Å². The Labute approximate surface area is 195 Å². The van der Waals surface area contributed by atoms with Crippen LogP contribution in [-0.2, 0) is 25.2 Å².